The van der Waals surface area contributed by atoms with Crippen LogP contribution in [0.2, 0.25) is 0 Å². The van der Waals surface area contributed by atoms with Crippen molar-refractivity contribution in [3.8, 4) is 0 Å². The van der Waals surface area contributed by atoms with Gasteiger partial charge in [-0.25, -0.2) is 0 Å². The minimum atomic E-state index is -1.02. The van der Waals surface area contributed by atoms with Crippen molar-refractivity contribution in [3.63, 3.8) is 0 Å². The van der Waals surface area contributed by atoms with Crippen LogP contribution in [0, 0.1) is 0 Å². The van der Waals surface area contributed by atoms with Crippen LogP contribution in [-0.4, -0.2) is 38.1 Å². The van der Waals surface area contributed by atoms with E-state index >= 15 is 0 Å². The highest BCUT2D eigenvalue weighted by Gasteiger charge is 2.56. The first-order valence-electron chi connectivity index (χ1n) is 4.02. The number of hydrogen-bond donors (Lipinski definition) is 2. The van der Waals surface area contributed by atoms with Crippen LogP contribution in [0.3, 0.4) is 0 Å². The lowest BCUT2D eigenvalue weighted by atomic mass is 9.97. The van der Waals surface area contributed by atoms with Gasteiger partial charge in [-0.2, -0.15) is 5.06 Å². The largest absolute Gasteiger partial charge is 0.410 e. The van der Waals surface area contributed by atoms with E-state index in [9.17, 15) is 10.0 Å². The summed E-state index contributed by atoms with van der Waals surface area (Å²) in [6.45, 7) is 6.40. The van der Waals surface area contributed by atoms with Crippen molar-refractivity contribution < 1.29 is 15.2 Å². The van der Waals surface area contributed by atoms with Gasteiger partial charge in [-0.05, 0) is 27.7 Å². The van der Waals surface area contributed by atoms with Crippen LogP contribution in [0.25, 0.3) is 0 Å². The number of oxime groups is 1. The minimum absolute atomic E-state index is 0.0139. The first-order valence-corrected chi connectivity index (χ1v) is 4.02. The molecule has 5 heteroatoms. The molecule has 1 rings (SSSR count). The lowest BCUT2D eigenvalue weighted by molar-refractivity contribution is -0.186. The van der Waals surface area contributed by atoms with Crippen LogP contribution < -0.4 is 0 Å². The molecule has 2 N–H and O–H groups in total. The second kappa shape index (κ2) is 2.52. The normalized spacial score (nSPS) is 29.9. The van der Waals surface area contributed by atoms with Crippen LogP contribution >= 0.6 is 0 Å². The Bertz CT molecular complexity index is 281. The number of ketones is 1. The molecular weight excluding hydrogens is 172 g/mol. The van der Waals surface area contributed by atoms with Crippen LogP contribution in [0.1, 0.15) is 27.7 Å². The van der Waals surface area contributed by atoms with Crippen molar-refractivity contribution in [2.45, 2.75) is 38.8 Å². The third-order valence-corrected chi connectivity index (χ3v) is 2.51. The third-order valence-electron chi connectivity index (χ3n) is 2.51. The van der Waals surface area contributed by atoms with Gasteiger partial charge in [0.15, 0.2) is 0 Å². The molecule has 0 bridgehead atoms. The van der Waals surface area contributed by atoms with E-state index in [2.05, 4.69) is 5.16 Å². The van der Waals surface area contributed by atoms with Crippen molar-refractivity contribution in [2.24, 2.45) is 5.16 Å². The molecule has 1 fully saturated rings. The SMILES string of the molecule is CC1(C)C(=O)C(=NO)C(C)(C)N1O. The third kappa shape index (κ3) is 1.08. The van der Waals surface area contributed by atoms with E-state index in [-0.39, 0.29) is 11.5 Å². The smallest absolute Gasteiger partial charge is 0.204 e. The molecule has 1 aliphatic heterocycles. The van der Waals surface area contributed by atoms with Gasteiger partial charge in [-0.1, -0.05) is 5.16 Å². The molecule has 0 unspecified atom stereocenters. The van der Waals surface area contributed by atoms with Crippen molar-refractivity contribution in [1.29, 1.82) is 0 Å². The van der Waals surface area contributed by atoms with Gasteiger partial charge >= 0.3 is 0 Å². The zero-order chi connectivity index (χ0) is 10.4. The molecule has 0 aromatic rings. The number of rotatable bonds is 0. The van der Waals surface area contributed by atoms with Crippen molar-refractivity contribution in [1.82, 2.24) is 5.06 Å². The number of carbonyl (C=O) groups is 1. The number of hydroxylamine groups is 2. The molecule has 0 spiro atoms. The maximum Gasteiger partial charge on any atom is 0.204 e. The molecule has 13 heavy (non-hydrogen) atoms. The minimum Gasteiger partial charge on any atom is -0.410 e. The fourth-order valence-electron chi connectivity index (χ4n) is 1.63. The molecule has 0 amide bonds. The molecular formula is C8H14N2O3. The Morgan fingerprint density at radius 2 is 1.69 bits per heavy atom. The van der Waals surface area contributed by atoms with E-state index in [1.165, 1.54) is 0 Å². The summed E-state index contributed by atoms with van der Waals surface area (Å²) in [7, 11) is 0. The fraction of sp³-hybridized carbons (Fsp3) is 0.750. The monoisotopic (exact) mass is 186 g/mol. The van der Waals surface area contributed by atoms with E-state index < -0.39 is 11.1 Å². The lowest BCUT2D eigenvalue weighted by Gasteiger charge is -2.31. The van der Waals surface area contributed by atoms with E-state index in [4.69, 9.17) is 5.21 Å². The topological polar surface area (TPSA) is 73.1 Å². The maximum absolute atomic E-state index is 11.6. The average Bonchev–Trinajstić information content (AvgIpc) is 2.12. The van der Waals surface area contributed by atoms with Gasteiger partial charge in [-0.15, -0.1) is 0 Å². The summed E-state index contributed by atoms with van der Waals surface area (Å²) in [6.07, 6.45) is 0. The van der Waals surface area contributed by atoms with Gasteiger partial charge in [0.25, 0.3) is 0 Å². The predicted octanol–water partition coefficient (Wildman–Crippen LogP) is 0.648. The summed E-state index contributed by atoms with van der Waals surface area (Å²) in [5.41, 5.74) is -1.97. The second-order valence-corrected chi connectivity index (χ2v) is 4.21. The molecule has 1 heterocycles. The van der Waals surface area contributed by atoms with Gasteiger partial charge in [0.05, 0.1) is 5.54 Å². The molecule has 0 radical (unpaired) electrons. The Labute approximate surface area is 76.6 Å². The van der Waals surface area contributed by atoms with Gasteiger partial charge in [0, 0.05) is 0 Å². The van der Waals surface area contributed by atoms with Gasteiger partial charge in [0.2, 0.25) is 5.78 Å². The number of carbonyl (C=O) groups excluding carboxylic acids is 1. The van der Waals surface area contributed by atoms with E-state index in [0.717, 1.165) is 5.06 Å². The Morgan fingerprint density at radius 3 is 1.85 bits per heavy atom. The number of hydrogen-bond acceptors (Lipinski definition) is 5. The highest BCUT2D eigenvalue weighted by molar-refractivity contribution is 6.47. The summed E-state index contributed by atoms with van der Waals surface area (Å²) in [5, 5.41) is 22.2. The quantitative estimate of drug-likeness (QED) is 0.430. The van der Waals surface area contributed by atoms with Crippen molar-refractivity contribution >= 4 is 11.5 Å². The summed E-state index contributed by atoms with van der Waals surface area (Å²) in [4.78, 5) is 11.6. The Morgan fingerprint density at radius 1 is 1.23 bits per heavy atom. The van der Waals surface area contributed by atoms with Crippen molar-refractivity contribution in [3.05, 3.63) is 0 Å². The molecule has 74 valence electrons. The van der Waals surface area contributed by atoms with Crippen molar-refractivity contribution in [2.75, 3.05) is 0 Å². The van der Waals surface area contributed by atoms with E-state index in [1.807, 2.05) is 0 Å². The molecule has 0 aromatic heterocycles. The number of nitrogens with zero attached hydrogens (tertiary/aromatic N) is 2. The Balaban J connectivity index is 3.28. The highest BCUT2D eigenvalue weighted by atomic mass is 16.5. The molecule has 0 aromatic carbocycles. The number of Topliss-reactive ketones (excluding diaryl/α,β-unsaturated/α-hetero) is 1. The van der Waals surface area contributed by atoms with Crippen LogP contribution in [-0.2, 0) is 4.79 Å². The molecule has 5 nitrogen and oxygen atoms in total. The van der Waals surface area contributed by atoms with Gasteiger partial charge in [-0.3, -0.25) is 4.79 Å². The summed E-state index contributed by atoms with van der Waals surface area (Å²) >= 11 is 0. The maximum atomic E-state index is 11.6. The zero-order valence-electron chi connectivity index (χ0n) is 8.20. The molecule has 1 saturated heterocycles. The second-order valence-electron chi connectivity index (χ2n) is 4.21. The Hall–Kier alpha value is -0.940. The first kappa shape index (κ1) is 10.1. The summed E-state index contributed by atoms with van der Waals surface area (Å²) < 4.78 is 0. The van der Waals surface area contributed by atoms with E-state index in [0.29, 0.717) is 0 Å². The molecule has 0 atom stereocenters. The van der Waals surface area contributed by atoms with Crippen LogP contribution in [0.4, 0.5) is 0 Å². The average molecular weight is 186 g/mol. The lowest BCUT2D eigenvalue weighted by Crippen LogP contribution is -2.48. The predicted molar refractivity (Wildman–Crippen MR) is 46.0 cm³/mol. The van der Waals surface area contributed by atoms with Gasteiger partial charge < -0.3 is 10.4 Å². The zero-order valence-corrected chi connectivity index (χ0v) is 8.20. The first-order chi connectivity index (χ1) is 5.76. The Kier molecular flexibility index (Phi) is 1.97. The van der Waals surface area contributed by atoms with Gasteiger partial charge in [0.1, 0.15) is 11.3 Å². The fourth-order valence-corrected chi connectivity index (χ4v) is 1.63. The summed E-state index contributed by atoms with van der Waals surface area (Å²) in [6, 6.07) is 0. The van der Waals surface area contributed by atoms with Crippen LogP contribution in [0.5, 0.6) is 0 Å². The summed E-state index contributed by atoms with van der Waals surface area (Å²) in [5.74, 6) is -0.359. The molecule has 0 saturated carbocycles. The molecule has 0 aliphatic carbocycles. The van der Waals surface area contributed by atoms with E-state index in [1.54, 1.807) is 27.7 Å². The molecule has 1 aliphatic rings. The highest BCUT2D eigenvalue weighted by Crippen LogP contribution is 2.33. The van der Waals surface area contributed by atoms with Crippen LogP contribution in [0.15, 0.2) is 5.16 Å². The standard InChI is InChI=1S/C8H14N2O3/c1-7(2)5(9-12)6(11)8(3,4)10(7)13/h12-13H,1-4H3.